The Morgan fingerprint density at radius 1 is 1.42 bits per heavy atom. The number of hydrogen-bond acceptors (Lipinski definition) is 2. The summed E-state index contributed by atoms with van der Waals surface area (Å²) in [6, 6.07) is 3.56. The van der Waals surface area contributed by atoms with Crippen molar-refractivity contribution < 1.29 is 9.90 Å². The largest absolute Gasteiger partial charge is 0.388 e. The third-order valence-electron chi connectivity index (χ3n) is 3.80. The van der Waals surface area contributed by atoms with E-state index < -0.39 is 11.5 Å². The van der Waals surface area contributed by atoms with Crippen LogP contribution in [0, 0.1) is 0 Å². The van der Waals surface area contributed by atoms with Gasteiger partial charge in [-0.05, 0) is 38.0 Å². The Bertz CT molecular complexity index is 511. The van der Waals surface area contributed by atoms with E-state index >= 15 is 0 Å². The van der Waals surface area contributed by atoms with Gasteiger partial charge in [0.15, 0.2) is 0 Å². The summed E-state index contributed by atoms with van der Waals surface area (Å²) in [5.74, 6) is -0.0475. The molecule has 0 bridgehead atoms. The molecule has 0 aliphatic carbocycles. The number of aliphatic hydroxyl groups excluding tert-OH is 1. The summed E-state index contributed by atoms with van der Waals surface area (Å²) in [4.78, 5) is 12.0. The standard InChI is InChI=1S/C15H20ClNO2/c1-4-5-6-12(18)10-7-9(16)8-11-13(10)17-14(19)15(11,2)3/h7-8,12,18H,4-6H2,1-3H3,(H,17,19). The smallest absolute Gasteiger partial charge is 0.234 e. The van der Waals surface area contributed by atoms with Crippen molar-refractivity contribution in [2.24, 2.45) is 0 Å². The lowest BCUT2D eigenvalue weighted by atomic mass is 9.84. The summed E-state index contributed by atoms with van der Waals surface area (Å²) in [7, 11) is 0. The molecular weight excluding hydrogens is 262 g/mol. The molecule has 0 saturated heterocycles. The van der Waals surface area contributed by atoms with E-state index in [2.05, 4.69) is 12.2 Å². The van der Waals surface area contributed by atoms with Gasteiger partial charge in [-0.15, -0.1) is 0 Å². The van der Waals surface area contributed by atoms with Crippen molar-refractivity contribution in [2.75, 3.05) is 5.32 Å². The molecule has 1 aliphatic heterocycles. The molecule has 1 unspecified atom stereocenters. The lowest BCUT2D eigenvalue weighted by Gasteiger charge is -2.18. The van der Waals surface area contributed by atoms with Gasteiger partial charge in [-0.2, -0.15) is 0 Å². The maximum absolute atomic E-state index is 12.0. The van der Waals surface area contributed by atoms with E-state index in [4.69, 9.17) is 11.6 Å². The van der Waals surface area contributed by atoms with E-state index in [0.29, 0.717) is 11.4 Å². The van der Waals surface area contributed by atoms with Gasteiger partial charge < -0.3 is 10.4 Å². The molecule has 1 amide bonds. The molecule has 4 heteroatoms. The third-order valence-corrected chi connectivity index (χ3v) is 4.02. The number of fused-ring (bicyclic) bond motifs is 1. The van der Waals surface area contributed by atoms with Crippen LogP contribution < -0.4 is 5.32 Å². The Kier molecular flexibility index (Phi) is 3.88. The third kappa shape index (κ3) is 2.49. The fraction of sp³-hybridized carbons (Fsp3) is 0.533. The van der Waals surface area contributed by atoms with Crippen molar-refractivity contribution in [1.82, 2.24) is 0 Å². The fourth-order valence-corrected chi connectivity index (χ4v) is 2.69. The summed E-state index contributed by atoms with van der Waals surface area (Å²) in [6.07, 6.45) is 2.07. The number of unbranched alkanes of at least 4 members (excludes halogenated alkanes) is 1. The number of rotatable bonds is 4. The first kappa shape index (κ1) is 14.4. The Labute approximate surface area is 119 Å². The van der Waals surface area contributed by atoms with Gasteiger partial charge in [-0.25, -0.2) is 0 Å². The topological polar surface area (TPSA) is 49.3 Å². The van der Waals surface area contributed by atoms with Crippen molar-refractivity contribution >= 4 is 23.2 Å². The minimum Gasteiger partial charge on any atom is -0.388 e. The SMILES string of the molecule is CCCCC(O)c1cc(Cl)cc2c1NC(=O)C2(C)C. The van der Waals surface area contributed by atoms with Gasteiger partial charge in [-0.3, -0.25) is 4.79 Å². The maximum atomic E-state index is 12.0. The van der Waals surface area contributed by atoms with E-state index in [-0.39, 0.29) is 5.91 Å². The summed E-state index contributed by atoms with van der Waals surface area (Å²) < 4.78 is 0. The Morgan fingerprint density at radius 2 is 2.11 bits per heavy atom. The lowest BCUT2D eigenvalue weighted by Crippen LogP contribution is -2.26. The molecule has 1 heterocycles. The molecule has 0 saturated carbocycles. The number of anilines is 1. The van der Waals surface area contributed by atoms with Gasteiger partial charge in [0.25, 0.3) is 0 Å². The molecule has 1 atom stereocenters. The van der Waals surface area contributed by atoms with Crippen LogP contribution in [0.4, 0.5) is 5.69 Å². The monoisotopic (exact) mass is 281 g/mol. The Morgan fingerprint density at radius 3 is 2.74 bits per heavy atom. The predicted octanol–water partition coefficient (Wildman–Crippen LogP) is 3.79. The molecule has 2 N–H and O–H groups in total. The number of benzene rings is 1. The normalized spacial score (nSPS) is 18.1. The summed E-state index contributed by atoms with van der Waals surface area (Å²) in [5, 5.41) is 13.7. The number of hydrogen-bond donors (Lipinski definition) is 2. The highest BCUT2D eigenvalue weighted by molar-refractivity contribution is 6.31. The lowest BCUT2D eigenvalue weighted by molar-refractivity contribution is -0.119. The highest BCUT2D eigenvalue weighted by atomic mass is 35.5. The number of amides is 1. The van der Waals surface area contributed by atoms with E-state index in [0.717, 1.165) is 29.7 Å². The Hall–Kier alpha value is -1.06. The van der Waals surface area contributed by atoms with E-state index in [1.165, 1.54) is 0 Å². The first-order chi connectivity index (χ1) is 8.87. The molecule has 1 aromatic carbocycles. The molecular formula is C15H20ClNO2. The number of nitrogens with one attached hydrogen (secondary N) is 1. The van der Waals surface area contributed by atoms with Crippen LogP contribution in [-0.2, 0) is 10.2 Å². The second-order valence-corrected chi connectivity index (χ2v) is 6.09. The molecule has 0 aromatic heterocycles. The van der Waals surface area contributed by atoms with Crippen LogP contribution >= 0.6 is 11.6 Å². The average molecular weight is 282 g/mol. The van der Waals surface area contributed by atoms with Gasteiger partial charge in [0.05, 0.1) is 17.2 Å². The van der Waals surface area contributed by atoms with Crippen LogP contribution in [0.5, 0.6) is 0 Å². The van der Waals surface area contributed by atoms with E-state index in [1.54, 1.807) is 6.07 Å². The van der Waals surface area contributed by atoms with Crippen molar-refractivity contribution in [3.05, 3.63) is 28.3 Å². The summed E-state index contributed by atoms with van der Waals surface area (Å²) in [6.45, 7) is 5.82. The van der Waals surface area contributed by atoms with Crippen molar-refractivity contribution in [2.45, 2.75) is 51.6 Å². The highest BCUT2D eigenvalue weighted by Crippen LogP contribution is 2.43. The van der Waals surface area contributed by atoms with E-state index in [9.17, 15) is 9.90 Å². The minimum absolute atomic E-state index is 0.0475. The van der Waals surface area contributed by atoms with Gasteiger partial charge in [0.1, 0.15) is 0 Å². The van der Waals surface area contributed by atoms with Crippen LogP contribution in [0.15, 0.2) is 12.1 Å². The molecule has 104 valence electrons. The van der Waals surface area contributed by atoms with Gasteiger partial charge in [0.2, 0.25) is 5.91 Å². The van der Waals surface area contributed by atoms with Crippen LogP contribution in [0.3, 0.4) is 0 Å². The second kappa shape index (κ2) is 5.14. The highest BCUT2D eigenvalue weighted by Gasteiger charge is 2.40. The summed E-state index contributed by atoms with van der Waals surface area (Å²) >= 11 is 6.13. The predicted molar refractivity (Wildman–Crippen MR) is 77.6 cm³/mol. The van der Waals surface area contributed by atoms with Crippen LogP contribution in [-0.4, -0.2) is 11.0 Å². The molecule has 0 radical (unpaired) electrons. The van der Waals surface area contributed by atoms with Gasteiger partial charge >= 0.3 is 0 Å². The minimum atomic E-state index is -0.598. The maximum Gasteiger partial charge on any atom is 0.234 e. The van der Waals surface area contributed by atoms with E-state index in [1.807, 2.05) is 19.9 Å². The number of halogens is 1. The van der Waals surface area contributed by atoms with Crippen molar-refractivity contribution in [3.8, 4) is 0 Å². The molecule has 0 fully saturated rings. The van der Waals surface area contributed by atoms with Gasteiger partial charge in [-0.1, -0.05) is 31.4 Å². The fourth-order valence-electron chi connectivity index (χ4n) is 2.47. The molecule has 19 heavy (non-hydrogen) atoms. The van der Waals surface area contributed by atoms with Crippen LogP contribution in [0.1, 0.15) is 57.3 Å². The average Bonchev–Trinajstić information content (AvgIpc) is 2.58. The summed E-state index contributed by atoms with van der Waals surface area (Å²) in [5.41, 5.74) is 1.74. The quantitative estimate of drug-likeness (QED) is 0.882. The first-order valence-corrected chi connectivity index (χ1v) is 7.09. The number of carbonyl (C=O) groups is 1. The van der Waals surface area contributed by atoms with Crippen molar-refractivity contribution in [3.63, 3.8) is 0 Å². The zero-order valence-corrected chi connectivity index (χ0v) is 12.3. The Balaban J connectivity index is 2.45. The van der Waals surface area contributed by atoms with Gasteiger partial charge in [0, 0.05) is 10.6 Å². The number of aliphatic hydroxyl groups is 1. The van der Waals surface area contributed by atoms with Crippen LogP contribution in [0.2, 0.25) is 5.02 Å². The zero-order valence-electron chi connectivity index (χ0n) is 11.6. The molecule has 1 aliphatic rings. The van der Waals surface area contributed by atoms with Crippen LogP contribution in [0.25, 0.3) is 0 Å². The second-order valence-electron chi connectivity index (χ2n) is 5.65. The first-order valence-electron chi connectivity index (χ1n) is 6.71. The molecule has 3 nitrogen and oxygen atoms in total. The molecule has 2 rings (SSSR count). The zero-order chi connectivity index (χ0) is 14.2. The van der Waals surface area contributed by atoms with Crippen molar-refractivity contribution in [1.29, 1.82) is 0 Å². The molecule has 0 spiro atoms. The molecule has 1 aromatic rings. The number of carbonyl (C=O) groups excluding carboxylic acids is 1.